The van der Waals surface area contributed by atoms with E-state index < -0.39 is 23.2 Å². The van der Waals surface area contributed by atoms with Gasteiger partial charge in [-0.1, -0.05) is 37.3 Å². The average Bonchev–Trinajstić information content (AvgIpc) is 3.24. The molecular weight excluding hydrogens is 397 g/mol. The minimum atomic E-state index is -1.27. The summed E-state index contributed by atoms with van der Waals surface area (Å²) < 4.78 is 26.8. The summed E-state index contributed by atoms with van der Waals surface area (Å²) >= 11 is 0. The van der Waals surface area contributed by atoms with Gasteiger partial charge in [-0.2, -0.15) is 0 Å². The number of likely N-dealkylation sites (tertiary alicyclic amines) is 1. The summed E-state index contributed by atoms with van der Waals surface area (Å²) in [4.78, 5) is 26.5. The van der Waals surface area contributed by atoms with Crippen LogP contribution in [-0.2, 0) is 26.5 Å². The highest BCUT2D eigenvalue weighted by Gasteiger charge is 2.50. The van der Waals surface area contributed by atoms with E-state index in [2.05, 4.69) is 17.0 Å². The number of hydrogen-bond donors (Lipinski definition) is 0. The Balaban J connectivity index is 1.76. The highest BCUT2D eigenvalue weighted by atomic mass is 19.1. The van der Waals surface area contributed by atoms with Gasteiger partial charge in [-0.05, 0) is 30.2 Å². The SMILES string of the molecule is CCC1CN(Cc2ccccc2)CCC1(OC(=O)C(C)=O)c1c(F)ccc2ccoc12. The number of piperidine rings is 1. The van der Waals surface area contributed by atoms with Crippen LogP contribution in [0.15, 0.2) is 59.2 Å². The lowest BCUT2D eigenvalue weighted by Gasteiger charge is -2.47. The molecule has 0 spiro atoms. The third kappa shape index (κ3) is 4.00. The van der Waals surface area contributed by atoms with E-state index >= 15 is 4.39 Å². The zero-order valence-corrected chi connectivity index (χ0v) is 17.8. The molecule has 0 bridgehead atoms. The van der Waals surface area contributed by atoms with Crippen molar-refractivity contribution in [1.29, 1.82) is 0 Å². The molecule has 2 atom stereocenters. The first-order chi connectivity index (χ1) is 14.9. The highest BCUT2D eigenvalue weighted by Crippen LogP contribution is 2.47. The van der Waals surface area contributed by atoms with Gasteiger partial charge in [0.25, 0.3) is 0 Å². The number of carbonyl (C=O) groups excluding carboxylic acids is 2. The van der Waals surface area contributed by atoms with Crippen molar-refractivity contribution in [2.24, 2.45) is 5.92 Å². The molecule has 1 saturated heterocycles. The van der Waals surface area contributed by atoms with Gasteiger partial charge < -0.3 is 9.15 Å². The maximum absolute atomic E-state index is 15.3. The Morgan fingerprint density at radius 2 is 1.97 bits per heavy atom. The van der Waals surface area contributed by atoms with Gasteiger partial charge in [0.15, 0.2) is 0 Å². The third-order valence-electron chi connectivity index (χ3n) is 6.24. The molecule has 1 fully saturated rings. The fourth-order valence-corrected chi connectivity index (χ4v) is 4.68. The van der Waals surface area contributed by atoms with E-state index in [-0.39, 0.29) is 11.5 Å². The molecule has 1 aliphatic heterocycles. The van der Waals surface area contributed by atoms with Crippen molar-refractivity contribution in [3.63, 3.8) is 0 Å². The number of carbonyl (C=O) groups is 2. The van der Waals surface area contributed by atoms with Gasteiger partial charge >= 0.3 is 5.97 Å². The summed E-state index contributed by atoms with van der Waals surface area (Å²) in [6.07, 6.45) is 2.51. The van der Waals surface area contributed by atoms with E-state index in [1.807, 2.05) is 25.1 Å². The van der Waals surface area contributed by atoms with Crippen LogP contribution in [0.25, 0.3) is 11.0 Å². The second kappa shape index (κ2) is 8.63. The van der Waals surface area contributed by atoms with Crippen LogP contribution in [0.2, 0.25) is 0 Å². The van der Waals surface area contributed by atoms with Gasteiger partial charge in [-0.15, -0.1) is 0 Å². The number of Topliss-reactive ketones (excluding diaryl/α,β-unsaturated/α-hetero) is 1. The van der Waals surface area contributed by atoms with Crippen LogP contribution in [0.3, 0.4) is 0 Å². The smallest absolute Gasteiger partial charge is 0.375 e. The molecule has 0 saturated carbocycles. The van der Waals surface area contributed by atoms with Crippen LogP contribution < -0.4 is 0 Å². The molecule has 31 heavy (non-hydrogen) atoms. The summed E-state index contributed by atoms with van der Waals surface area (Å²) in [6, 6.07) is 14.9. The normalized spacial score (nSPS) is 21.8. The Morgan fingerprint density at radius 1 is 1.19 bits per heavy atom. The van der Waals surface area contributed by atoms with Crippen molar-refractivity contribution in [3.05, 3.63) is 71.7 Å². The Morgan fingerprint density at radius 3 is 2.68 bits per heavy atom. The summed E-state index contributed by atoms with van der Waals surface area (Å²) in [5, 5.41) is 0.733. The molecule has 162 valence electrons. The van der Waals surface area contributed by atoms with Gasteiger partial charge in [-0.25, -0.2) is 9.18 Å². The van der Waals surface area contributed by atoms with Crippen LogP contribution in [0.1, 0.15) is 37.8 Å². The number of ether oxygens (including phenoxy) is 1. The second-order valence-electron chi connectivity index (χ2n) is 8.17. The molecule has 6 heteroatoms. The Labute approximate surface area is 180 Å². The Kier molecular flexibility index (Phi) is 5.92. The molecule has 4 rings (SSSR count). The van der Waals surface area contributed by atoms with Crippen molar-refractivity contribution in [3.8, 4) is 0 Å². The first kappa shape index (κ1) is 21.2. The van der Waals surface area contributed by atoms with Gasteiger partial charge in [-0.3, -0.25) is 9.69 Å². The number of ketones is 1. The molecular formula is C25H26FNO4. The Hall–Kier alpha value is -2.99. The number of halogens is 1. The second-order valence-corrected chi connectivity index (χ2v) is 8.17. The zero-order valence-electron chi connectivity index (χ0n) is 17.8. The largest absolute Gasteiger partial charge is 0.464 e. The van der Waals surface area contributed by atoms with Crippen LogP contribution in [0, 0.1) is 11.7 Å². The molecule has 0 N–H and O–H groups in total. The van der Waals surface area contributed by atoms with Crippen LogP contribution >= 0.6 is 0 Å². The molecule has 1 aromatic heterocycles. The van der Waals surface area contributed by atoms with E-state index in [0.717, 1.165) is 11.9 Å². The predicted octanol–water partition coefficient (Wildman–Crippen LogP) is 4.83. The fraction of sp³-hybridized carbons (Fsp3) is 0.360. The summed E-state index contributed by atoms with van der Waals surface area (Å²) in [5.74, 6) is -2.35. The van der Waals surface area contributed by atoms with Crippen molar-refractivity contribution < 1.29 is 23.1 Å². The third-order valence-corrected chi connectivity index (χ3v) is 6.24. The number of rotatable bonds is 6. The summed E-state index contributed by atoms with van der Waals surface area (Å²) in [6.45, 7) is 5.11. The van der Waals surface area contributed by atoms with Gasteiger partial charge in [0.1, 0.15) is 17.0 Å². The van der Waals surface area contributed by atoms with Crippen molar-refractivity contribution in [2.45, 2.75) is 38.8 Å². The quantitative estimate of drug-likeness (QED) is 0.420. The van der Waals surface area contributed by atoms with E-state index in [1.165, 1.54) is 24.8 Å². The molecule has 2 heterocycles. The standard InChI is InChI=1S/C25H26FNO4/c1-3-20-16-27(15-18-7-5-4-6-8-18)13-12-25(20,31-24(29)17(2)28)22-21(26)10-9-19-11-14-30-23(19)22/h4-11,14,20H,3,12-13,15-16H2,1-2H3. The van der Waals surface area contributed by atoms with Crippen molar-refractivity contribution in [1.82, 2.24) is 4.90 Å². The number of esters is 1. The minimum Gasteiger partial charge on any atom is -0.464 e. The van der Waals surface area contributed by atoms with Gasteiger partial charge in [0, 0.05) is 44.3 Å². The lowest BCUT2D eigenvalue weighted by atomic mass is 9.73. The maximum Gasteiger partial charge on any atom is 0.375 e. The average molecular weight is 423 g/mol. The lowest BCUT2D eigenvalue weighted by molar-refractivity contribution is -0.180. The Bertz CT molecular complexity index is 1090. The minimum absolute atomic E-state index is 0.210. The number of nitrogens with zero attached hydrogens (tertiary/aromatic N) is 1. The van der Waals surface area contributed by atoms with Crippen molar-refractivity contribution >= 4 is 22.7 Å². The monoisotopic (exact) mass is 423 g/mol. The number of hydrogen-bond acceptors (Lipinski definition) is 5. The first-order valence-electron chi connectivity index (χ1n) is 10.6. The molecule has 0 aliphatic carbocycles. The highest BCUT2D eigenvalue weighted by molar-refractivity contribution is 6.32. The predicted molar refractivity (Wildman–Crippen MR) is 115 cm³/mol. The molecule has 5 nitrogen and oxygen atoms in total. The lowest BCUT2D eigenvalue weighted by Crippen LogP contribution is -2.52. The topological polar surface area (TPSA) is 59.8 Å². The van der Waals surface area contributed by atoms with E-state index in [0.29, 0.717) is 31.5 Å². The number of furan rings is 1. The van der Waals surface area contributed by atoms with Crippen molar-refractivity contribution in [2.75, 3.05) is 13.1 Å². The number of benzene rings is 2. The molecule has 0 radical (unpaired) electrons. The van der Waals surface area contributed by atoms with Gasteiger partial charge in [0.05, 0.1) is 11.8 Å². The molecule has 2 unspecified atom stereocenters. The van der Waals surface area contributed by atoms with Crippen LogP contribution in [0.5, 0.6) is 0 Å². The van der Waals surface area contributed by atoms with Crippen LogP contribution in [0.4, 0.5) is 4.39 Å². The van der Waals surface area contributed by atoms with Gasteiger partial charge in [0.2, 0.25) is 5.78 Å². The van der Waals surface area contributed by atoms with Crippen LogP contribution in [-0.4, -0.2) is 29.7 Å². The first-order valence-corrected chi connectivity index (χ1v) is 10.6. The summed E-state index contributed by atoms with van der Waals surface area (Å²) in [5.41, 5.74) is 0.513. The molecule has 2 aromatic carbocycles. The van der Waals surface area contributed by atoms with E-state index in [4.69, 9.17) is 9.15 Å². The maximum atomic E-state index is 15.3. The zero-order chi connectivity index (χ0) is 22.0. The fourth-order valence-electron chi connectivity index (χ4n) is 4.68. The molecule has 1 aliphatic rings. The number of fused-ring (bicyclic) bond motifs is 1. The van der Waals surface area contributed by atoms with E-state index in [9.17, 15) is 9.59 Å². The molecule has 0 amide bonds. The molecule has 3 aromatic rings. The van der Waals surface area contributed by atoms with E-state index in [1.54, 1.807) is 12.1 Å². The summed E-state index contributed by atoms with van der Waals surface area (Å²) in [7, 11) is 0.